The van der Waals surface area contributed by atoms with Gasteiger partial charge in [-0.25, -0.2) is 14.8 Å². The molecule has 1 atom stereocenters. The van der Waals surface area contributed by atoms with E-state index in [2.05, 4.69) is 20.6 Å². The Morgan fingerprint density at radius 1 is 1.17 bits per heavy atom. The van der Waals surface area contributed by atoms with Gasteiger partial charge in [0.15, 0.2) is 18.2 Å². The van der Waals surface area contributed by atoms with E-state index >= 15 is 0 Å². The molecular weight excluding hydrogens is 464 g/mol. The molecular formula is C25H22N6O5. The maximum atomic E-state index is 12.4. The van der Waals surface area contributed by atoms with Gasteiger partial charge in [0.1, 0.15) is 29.4 Å². The van der Waals surface area contributed by atoms with E-state index in [-0.39, 0.29) is 35.9 Å². The number of phenols is 1. The highest BCUT2D eigenvalue weighted by Crippen LogP contribution is 2.32. The second kappa shape index (κ2) is 9.89. The first-order valence-electron chi connectivity index (χ1n) is 11.3. The zero-order chi connectivity index (χ0) is 25.1. The summed E-state index contributed by atoms with van der Waals surface area (Å²) in [6, 6.07) is 15.8. The molecule has 2 aliphatic rings. The van der Waals surface area contributed by atoms with Crippen LogP contribution in [0.15, 0.2) is 48.5 Å². The number of hydrogen-bond acceptors (Lipinski definition) is 9. The molecule has 36 heavy (non-hydrogen) atoms. The summed E-state index contributed by atoms with van der Waals surface area (Å²) in [5.74, 6) is 0.894. The molecule has 3 N–H and O–H groups in total. The Hall–Kier alpha value is -4.69. The monoisotopic (exact) mass is 486 g/mol. The van der Waals surface area contributed by atoms with E-state index < -0.39 is 6.09 Å². The van der Waals surface area contributed by atoms with Gasteiger partial charge < -0.3 is 25.2 Å². The van der Waals surface area contributed by atoms with Crippen LogP contribution >= 0.6 is 0 Å². The fraction of sp³-hybridized carbons (Fsp3) is 0.240. The summed E-state index contributed by atoms with van der Waals surface area (Å²) < 4.78 is 10.8. The number of cyclic esters (lactones) is 1. The van der Waals surface area contributed by atoms with Gasteiger partial charge in [0.2, 0.25) is 0 Å². The molecule has 0 saturated carbocycles. The van der Waals surface area contributed by atoms with Gasteiger partial charge in [-0.05, 0) is 43.3 Å². The summed E-state index contributed by atoms with van der Waals surface area (Å²) >= 11 is 0. The predicted molar refractivity (Wildman–Crippen MR) is 128 cm³/mol. The number of nitrogens with zero attached hydrogens (tertiary/aromatic N) is 4. The van der Waals surface area contributed by atoms with Gasteiger partial charge in [-0.3, -0.25) is 9.69 Å². The number of fused-ring (bicyclic) bond motifs is 1. The van der Waals surface area contributed by atoms with Gasteiger partial charge in [-0.1, -0.05) is 18.2 Å². The van der Waals surface area contributed by atoms with Gasteiger partial charge in [0, 0.05) is 17.7 Å². The van der Waals surface area contributed by atoms with Gasteiger partial charge in [0.05, 0.1) is 12.2 Å². The summed E-state index contributed by atoms with van der Waals surface area (Å²) in [7, 11) is 0. The van der Waals surface area contributed by atoms with Crippen LogP contribution in [0.1, 0.15) is 17.7 Å². The molecule has 0 bridgehead atoms. The molecule has 5 rings (SSSR count). The molecule has 182 valence electrons. The highest BCUT2D eigenvalue weighted by atomic mass is 16.6. The fourth-order valence-corrected chi connectivity index (χ4v) is 4.04. The first kappa shape index (κ1) is 23.1. The van der Waals surface area contributed by atoms with Crippen LogP contribution in [0, 0.1) is 11.3 Å². The number of rotatable bonds is 7. The van der Waals surface area contributed by atoms with Gasteiger partial charge >= 0.3 is 6.09 Å². The van der Waals surface area contributed by atoms with Crippen LogP contribution in [0.25, 0.3) is 11.3 Å². The van der Waals surface area contributed by atoms with Crippen molar-refractivity contribution in [2.24, 2.45) is 0 Å². The molecule has 0 radical (unpaired) electrons. The van der Waals surface area contributed by atoms with Crippen LogP contribution in [0.3, 0.4) is 0 Å². The van der Waals surface area contributed by atoms with Crippen molar-refractivity contribution in [1.82, 2.24) is 15.3 Å². The smallest absolute Gasteiger partial charge is 0.415 e. The highest BCUT2D eigenvalue weighted by Gasteiger charge is 2.33. The molecule has 4 heterocycles. The van der Waals surface area contributed by atoms with Crippen molar-refractivity contribution in [3.05, 3.63) is 59.8 Å². The number of carbonyl (C=O) groups excluding carboxylic acids is 2. The van der Waals surface area contributed by atoms with E-state index in [1.165, 1.54) is 4.90 Å². The van der Waals surface area contributed by atoms with Crippen molar-refractivity contribution in [2.45, 2.75) is 19.1 Å². The van der Waals surface area contributed by atoms with E-state index in [9.17, 15) is 14.7 Å². The topological polar surface area (TPSA) is 150 Å². The molecule has 1 aromatic carbocycles. The van der Waals surface area contributed by atoms with Crippen LogP contribution < -0.4 is 20.3 Å². The molecule has 2 aliphatic heterocycles. The zero-order valence-electron chi connectivity index (χ0n) is 19.1. The van der Waals surface area contributed by atoms with Crippen molar-refractivity contribution in [1.29, 1.82) is 5.26 Å². The number of aromatic hydroxyl groups is 1. The van der Waals surface area contributed by atoms with E-state index in [1.807, 2.05) is 18.2 Å². The van der Waals surface area contributed by atoms with Crippen molar-refractivity contribution in [2.75, 3.05) is 29.9 Å². The van der Waals surface area contributed by atoms with E-state index in [1.54, 1.807) is 36.4 Å². The second-order valence-corrected chi connectivity index (χ2v) is 8.27. The SMILES string of the molecule is N#Cc1cccc(-c2cccc(CNCCC3CN(c4ccc5c(n4)NC(=O)CO5)C(=O)O3)c2O)n1. The molecule has 1 saturated heterocycles. The predicted octanol–water partition coefficient (Wildman–Crippen LogP) is 2.56. The molecule has 2 aromatic heterocycles. The number of pyridine rings is 2. The number of para-hydroxylation sites is 1. The minimum absolute atomic E-state index is 0.0673. The Balaban J connectivity index is 1.16. The largest absolute Gasteiger partial charge is 0.507 e. The maximum Gasteiger partial charge on any atom is 0.415 e. The lowest BCUT2D eigenvalue weighted by Crippen LogP contribution is -2.29. The number of nitriles is 1. The third kappa shape index (κ3) is 4.75. The Morgan fingerprint density at radius 2 is 2.03 bits per heavy atom. The number of anilines is 2. The fourth-order valence-electron chi connectivity index (χ4n) is 4.04. The van der Waals surface area contributed by atoms with Gasteiger partial charge in [-0.15, -0.1) is 0 Å². The summed E-state index contributed by atoms with van der Waals surface area (Å²) in [6.07, 6.45) is -0.293. The number of carbonyl (C=O) groups is 2. The molecule has 0 spiro atoms. The normalized spacial score (nSPS) is 16.5. The number of hydrogen-bond donors (Lipinski definition) is 3. The standard InChI is InChI=1S/C25H22N6O5/c26-11-16-4-2-6-19(28-16)18-5-1-3-15(23(18)33)12-27-10-9-17-13-31(25(34)36-17)21-8-7-20-24(29-21)30-22(32)14-35-20/h1-8,17,27,33H,9-10,12-14H2,(H,29,30,32). The number of phenolic OH excluding ortho intramolecular Hbond substituents is 1. The molecule has 3 aromatic rings. The van der Waals surface area contributed by atoms with E-state index in [4.69, 9.17) is 14.7 Å². The summed E-state index contributed by atoms with van der Waals surface area (Å²) in [4.78, 5) is 33.9. The number of nitrogens with one attached hydrogen (secondary N) is 2. The van der Waals surface area contributed by atoms with E-state index in [0.717, 1.165) is 0 Å². The quantitative estimate of drug-likeness (QED) is 0.428. The van der Waals surface area contributed by atoms with Crippen LogP contribution in [0.2, 0.25) is 0 Å². The van der Waals surface area contributed by atoms with Crippen LogP contribution in [0.4, 0.5) is 16.4 Å². The number of aromatic nitrogens is 2. The second-order valence-electron chi connectivity index (χ2n) is 8.27. The van der Waals surface area contributed by atoms with Crippen LogP contribution in [-0.2, 0) is 16.1 Å². The van der Waals surface area contributed by atoms with E-state index in [0.29, 0.717) is 54.4 Å². The van der Waals surface area contributed by atoms with Crippen molar-refractivity contribution < 1.29 is 24.2 Å². The van der Waals surface area contributed by atoms with Crippen molar-refractivity contribution >= 4 is 23.6 Å². The summed E-state index contributed by atoms with van der Waals surface area (Å²) in [6.45, 7) is 1.19. The third-order valence-electron chi connectivity index (χ3n) is 5.83. The van der Waals surface area contributed by atoms with Crippen molar-refractivity contribution in [3.8, 4) is 28.8 Å². The Bertz CT molecular complexity index is 1370. The number of ether oxygens (including phenoxy) is 2. The minimum atomic E-state index is -0.507. The summed E-state index contributed by atoms with van der Waals surface area (Å²) in [5, 5.41) is 25.7. The Labute approximate surface area is 206 Å². The lowest BCUT2D eigenvalue weighted by atomic mass is 10.0. The molecule has 1 fully saturated rings. The lowest BCUT2D eigenvalue weighted by Gasteiger charge is -2.19. The Morgan fingerprint density at radius 3 is 2.89 bits per heavy atom. The molecule has 1 unspecified atom stereocenters. The lowest BCUT2D eigenvalue weighted by molar-refractivity contribution is -0.118. The number of amides is 2. The molecule has 0 aliphatic carbocycles. The average Bonchev–Trinajstić information content (AvgIpc) is 3.27. The van der Waals surface area contributed by atoms with Gasteiger partial charge in [0.25, 0.3) is 5.91 Å². The van der Waals surface area contributed by atoms with Gasteiger partial charge in [-0.2, -0.15) is 5.26 Å². The summed E-state index contributed by atoms with van der Waals surface area (Å²) in [5.41, 5.74) is 2.03. The Kier molecular flexibility index (Phi) is 6.34. The maximum absolute atomic E-state index is 12.4. The zero-order valence-corrected chi connectivity index (χ0v) is 19.1. The first-order valence-corrected chi connectivity index (χ1v) is 11.3. The van der Waals surface area contributed by atoms with Crippen molar-refractivity contribution in [3.63, 3.8) is 0 Å². The molecule has 11 heteroatoms. The number of benzene rings is 1. The highest BCUT2D eigenvalue weighted by molar-refractivity contribution is 5.95. The van der Waals surface area contributed by atoms with Crippen LogP contribution in [0.5, 0.6) is 11.5 Å². The molecule has 2 amide bonds. The average molecular weight is 486 g/mol. The first-order chi connectivity index (χ1) is 17.5. The minimum Gasteiger partial charge on any atom is -0.507 e. The molecule has 11 nitrogen and oxygen atoms in total. The van der Waals surface area contributed by atoms with Crippen LogP contribution in [-0.4, -0.2) is 52.9 Å². The third-order valence-corrected chi connectivity index (χ3v) is 5.83.